The summed E-state index contributed by atoms with van der Waals surface area (Å²) in [6, 6.07) is 0. The molecule has 0 aromatic carbocycles. The van der Waals surface area contributed by atoms with Crippen molar-refractivity contribution in [3.8, 4) is 0 Å². The Kier molecular flexibility index (Phi) is 6.14. The molecule has 2 heterocycles. The molecule has 1 aliphatic carbocycles. The summed E-state index contributed by atoms with van der Waals surface area (Å²) in [5, 5.41) is 0. The molecule has 0 unspecified atom stereocenters. The summed E-state index contributed by atoms with van der Waals surface area (Å²) in [6.45, 7) is 6.05. The number of hydrogen-bond donors (Lipinski definition) is 0. The van der Waals surface area contributed by atoms with Crippen molar-refractivity contribution in [2.24, 2.45) is 5.41 Å². The van der Waals surface area contributed by atoms with Gasteiger partial charge in [0.15, 0.2) is 0 Å². The van der Waals surface area contributed by atoms with E-state index in [1.165, 1.54) is 57.9 Å². The third kappa shape index (κ3) is 4.22. The van der Waals surface area contributed by atoms with Crippen LogP contribution in [0.4, 0.5) is 0 Å². The molecule has 0 aromatic heterocycles. The first kappa shape index (κ1) is 16.7. The minimum absolute atomic E-state index is 0.291. The van der Waals surface area contributed by atoms with Gasteiger partial charge in [0.2, 0.25) is 0 Å². The van der Waals surface area contributed by atoms with Crippen LogP contribution >= 0.6 is 0 Å². The van der Waals surface area contributed by atoms with Crippen LogP contribution in [-0.4, -0.2) is 63.7 Å². The second kappa shape index (κ2) is 8.09. The van der Waals surface area contributed by atoms with Crippen LogP contribution in [0, 0.1) is 5.41 Å². The van der Waals surface area contributed by atoms with Crippen molar-refractivity contribution in [2.75, 3.05) is 46.6 Å². The molecule has 0 amide bonds. The fraction of sp³-hybridized carbons (Fsp3) is 1.00. The van der Waals surface area contributed by atoms with E-state index < -0.39 is 0 Å². The van der Waals surface area contributed by atoms with E-state index in [1.807, 2.05) is 7.11 Å². The Balaban J connectivity index is 1.56. The molecule has 2 aliphatic heterocycles. The van der Waals surface area contributed by atoms with Crippen molar-refractivity contribution in [1.82, 2.24) is 4.90 Å². The van der Waals surface area contributed by atoms with E-state index in [-0.39, 0.29) is 0 Å². The predicted molar refractivity (Wildman–Crippen MR) is 87.2 cm³/mol. The SMILES string of the molecule is COCCC1(CN2CCO[C@@H]([C@H]3CCCO3)C2)CCCCC1. The van der Waals surface area contributed by atoms with Gasteiger partial charge in [-0.3, -0.25) is 4.90 Å². The maximum Gasteiger partial charge on any atom is 0.0963 e. The first-order valence-electron chi connectivity index (χ1n) is 9.26. The zero-order valence-electron chi connectivity index (χ0n) is 14.2. The van der Waals surface area contributed by atoms with E-state index in [4.69, 9.17) is 14.2 Å². The number of nitrogens with zero attached hydrogens (tertiary/aromatic N) is 1. The van der Waals surface area contributed by atoms with Crippen LogP contribution in [-0.2, 0) is 14.2 Å². The monoisotopic (exact) mass is 311 g/mol. The normalized spacial score (nSPS) is 33.1. The number of methoxy groups -OCH3 is 1. The van der Waals surface area contributed by atoms with Crippen molar-refractivity contribution < 1.29 is 14.2 Å². The van der Waals surface area contributed by atoms with Crippen molar-refractivity contribution >= 4 is 0 Å². The molecule has 128 valence electrons. The van der Waals surface area contributed by atoms with Gasteiger partial charge in [0.05, 0.1) is 18.8 Å². The highest BCUT2D eigenvalue weighted by molar-refractivity contribution is 4.89. The average molecular weight is 311 g/mol. The highest BCUT2D eigenvalue weighted by Gasteiger charge is 2.37. The van der Waals surface area contributed by atoms with Gasteiger partial charge < -0.3 is 14.2 Å². The fourth-order valence-corrected chi connectivity index (χ4v) is 4.58. The lowest BCUT2D eigenvalue weighted by Gasteiger charge is -2.44. The van der Waals surface area contributed by atoms with Gasteiger partial charge >= 0.3 is 0 Å². The molecule has 1 saturated carbocycles. The van der Waals surface area contributed by atoms with E-state index in [0.29, 0.717) is 17.6 Å². The Labute approximate surface area is 135 Å². The van der Waals surface area contributed by atoms with Crippen molar-refractivity contribution in [1.29, 1.82) is 0 Å². The molecule has 0 radical (unpaired) electrons. The second-order valence-corrected chi connectivity index (χ2v) is 7.50. The lowest BCUT2D eigenvalue weighted by atomic mass is 9.71. The largest absolute Gasteiger partial charge is 0.385 e. The summed E-state index contributed by atoms with van der Waals surface area (Å²) in [5.41, 5.74) is 0.479. The molecule has 22 heavy (non-hydrogen) atoms. The number of hydrogen-bond acceptors (Lipinski definition) is 4. The Bertz CT molecular complexity index is 324. The van der Waals surface area contributed by atoms with Crippen molar-refractivity contribution in [3.05, 3.63) is 0 Å². The predicted octanol–water partition coefficient (Wildman–Crippen LogP) is 2.85. The summed E-state index contributed by atoms with van der Waals surface area (Å²) >= 11 is 0. The maximum atomic E-state index is 6.00. The molecule has 3 rings (SSSR count). The Hall–Kier alpha value is -0.160. The second-order valence-electron chi connectivity index (χ2n) is 7.50. The Morgan fingerprint density at radius 2 is 1.86 bits per heavy atom. The van der Waals surface area contributed by atoms with E-state index >= 15 is 0 Å². The molecule has 4 nitrogen and oxygen atoms in total. The first-order chi connectivity index (χ1) is 10.8. The summed E-state index contributed by atoms with van der Waals surface area (Å²) in [6.07, 6.45) is 11.2. The standard InChI is InChI=1S/C18H33NO3/c1-20-12-9-18(7-3-2-4-8-18)15-19-10-13-22-17(14-19)16-6-5-11-21-16/h16-17H,2-15H2,1H3/t16-,17-/m1/s1. The van der Waals surface area contributed by atoms with Crippen LogP contribution in [0.15, 0.2) is 0 Å². The smallest absolute Gasteiger partial charge is 0.0963 e. The quantitative estimate of drug-likeness (QED) is 0.755. The minimum Gasteiger partial charge on any atom is -0.385 e. The molecule has 2 atom stereocenters. The van der Waals surface area contributed by atoms with Crippen molar-refractivity contribution in [3.63, 3.8) is 0 Å². The van der Waals surface area contributed by atoms with Gasteiger partial charge in [-0.25, -0.2) is 0 Å². The van der Waals surface area contributed by atoms with E-state index in [9.17, 15) is 0 Å². The third-order valence-corrected chi connectivity index (χ3v) is 5.87. The van der Waals surface area contributed by atoms with Crippen LogP contribution in [0.2, 0.25) is 0 Å². The Morgan fingerprint density at radius 3 is 2.59 bits per heavy atom. The lowest BCUT2D eigenvalue weighted by Crippen LogP contribution is -2.51. The van der Waals surface area contributed by atoms with Gasteiger partial charge in [-0.1, -0.05) is 19.3 Å². The molecule has 0 spiro atoms. The van der Waals surface area contributed by atoms with Gasteiger partial charge in [-0.05, 0) is 37.5 Å². The average Bonchev–Trinajstić information content (AvgIpc) is 3.09. The van der Waals surface area contributed by atoms with E-state index in [0.717, 1.165) is 32.9 Å². The first-order valence-corrected chi connectivity index (χ1v) is 9.26. The van der Waals surface area contributed by atoms with Crippen LogP contribution in [0.5, 0.6) is 0 Å². The zero-order chi connectivity index (χ0) is 15.3. The fourth-order valence-electron chi connectivity index (χ4n) is 4.58. The van der Waals surface area contributed by atoms with E-state index in [2.05, 4.69) is 4.90 Å². The van der Waals surface area contributed by atoms with Crippen LogP contribution in [0.1, 0.15) is 51.4 Å². The Morgan fingerprint density at radius 1 is 1.05 bits per heavy atom. The molecular formula is C18H33NO3. The summed E-state index contributed by atoms with van der Waals surface area (Å²) in [4.78, 5) is 2.65. The summed E-state index contributed by atoms with van der Waals surface area (Å²) in [5.74, 6) is 0. The molecule has 2 saturated heterocycles. The van der Waals surface area contributed by atoms with Crippen LogP contribution in [0.25, 0.3) is 0 Å². The van der Waals surface area contributed by atoms with Crippen molar-refractivity contribution in [2.45, 2.75) is 63.6 Å². The van der Waals surface area contributed by atoms with E-state index in [1.54, 1.807) is 0 Å². The lowest BCUT2D eigenvalue weighted by molar-refractivity contribution is -0.103. The molecule has 0 N–H and O–H groups in total. The highest BCUT2D eigenvalue weighted by Crippen LogP contribution is 2.40. The molecule has 4 heteroatoms. The molecule has 3 fully saturated rings. The zero-order valence-corrected chi connectivity index (χ0v) is 14.2. The number of morpholine rings is 1. The van der Waals surface area contributed by atoms with Gasteiger partial charge in [-0.2, -0.15) is 0 Å². The maximum absolute atomic E-state index is 6.00. The number of rotatable bonds is 6. The van der Waals surface area contributed by atoms with Gasteiger partial charge in [0.25, 0.3) is 0 Å². The highest BCUT2D eigenvalue weighted by atomic mass is 16.5. The minimum atomic E-state index is 0.291. The molecule has 0 bridgehead atoms. The molecule has 3 aliphatic rings. The van der Waals surface area contributed by atoms with Gasteiger partial charge in [0.1, 0.15) is 0 Å². The topological polar surface area (TPSA) is 30.9 Å². The van der Waals surface area contributed by atoms with Gasteiger partial charge in [-0.15, -0.1) is 0 Å². The summed E-state index contributed by atoms with van der Waals surface area (Å²) < 4.78 is 17.3. The van der Waals surface area contributed by atoms with Crippen LogP contribution < -0.4 is 0 Å². The molecule has 0 aromatic rings. The third-order valence-electron chi connectivity index (χ3n) is 5.87. The number of ether oxygens (including phenoxy) is 3. The van der Waals surface area contributed by atoms with Gasteiger partial charge in [0, 0.05) is 40.0 Å². The molecular weight excluding hydrogens is 278 g/mol. The summed E-state index contributed by atoms with van der Waals surface area (Å²) in [7, 11) is 1.83. The van der Waals surface area contributed by atoms with Crippen LogP contribution in [0.3, 0.4) is 0 Å².